The van der Waals surface area contributed by atoms with Crippen LogP contribution in [0.2, 0.25) is 0 Å². The Labute approximate surface area is 142 Å². The molecule has 0 saturated carbocycles. The molecule has 122 valence electrons. The van der Waals surface area contributed by atoms with Gasteiger partial charge in [0.2, 0.25) is 0 Å². The standard InChI is InChI=1S/C19H23NO2S/c1-14-5-3-6-16(13-14)22-12-4-7-17-10-11-18(23-17)9-8-15(2)19(20)21/h3,5-6,10-11,13,15,19,21H,8-9,12,20H2,1-2H3/t15-,19?/m1/s1. The lowest BCUT2D eigenvalue weighted by molar-refractivity contribution is 0.119. The molecule has 0 fully saturated rings. The third-order valence-corrected chi connectivity index (χ3v) is 4.66. The Bertz CT molecular complexity index is 682. The van der Waals surface area contributed by atoms with Gasteiger partial charge in [-0.2, -0.15) is 0 Å². The molecule has 2 aromatic rings. The summed E-state index contributed by atoms with van der Waals surface area (Å²) in [5.74, 6) is 7.13. The van der Waals surface area contributed by atoms with Gasteiger partial charge >= 0.3 is 0 Å². The molecule has 1 aromatic carbocycles. The predicted molar refractivity (Wildman–Crippen MR) is 95.6 cm³/mol. The van der Waals surface area contributed by atoms with Gasteiger partial charge in [0.1, 0.15) is 18.6 Å². The van der Waals surface area contributed by atoms with Crippen molar-refractivity contribution in [3.8, 4) is 17.6 Å². The zero-order valence-corrected chi connectivity index (χ0v) is 14.4. The Balaban J connectivity index is 1.80. The van der Waals surface area contributed by atoms with Gasteiger partial charge < -0.3 is 15.6 Å². The summed E-state index contributed by atoms with van der Waals surface area (Å²) in [4.78, 5) is 2.30. The van der Waals surface area contributed by atoms with Crippen LogP contribution >= 0.6 is 11.3 Å². The molecule has 4 heteroatoms. The van der Waals surface area contributed by atoms with Crippen molar-refractivity contribution in [3.05, 3.63) is 51.7 Å². The molecule has 3 nitrogen and oxygen atoms in total. The van der Waals surface area contributed by atoms with Gasteiger partial charge in [0, 0.05) is 4.88 Å². The van der Waals surface area contributed by atoms with Crippen LogP contribution in [0.15, 0.2) is 36.4 Å². The van der Waals surface area contributed by atoms with Crippen LogP contribution in [0.25, 0.3) is 0 Å². The molecule has 23 heavy (non-hydrogen) atoms. The van der Waals surface area contributed by atoms with Gasteiger partial charge in [0.15, 0.2) is 0 Å². The highest BCUT2D eigenvalue weighted by molar-refractivity contribution is 7.12. The minimum atomic E-state index is -0.743. The number of rotatable bonds is 6. The van der Waals surface area contributed by atoms with Crippen molar-refractivity contribution >= 4 is 11.3 Å². The first-order valence-corrected chi connectivity index (χ1v) is 8.57. The normalized spacial score (nSPS) is 13.0. The van der Waals surface area contributed by atoms with Crippen molar-refractivity contribution in [2.45, 2.75) is 32.9 Å². The smallest absolute Gasteiger partial charge is 0.149 e. The first kappa shape index (κ1) is 17.6. The average molecular weight is 329 g/mol. The summed E-state index contributed by atoms with van der Waals surface area (Å²) in [7, 11) is 0. The molecule has 3 N–H and O–H groups in total. The fourth-order valence-corrected chi connectivity index (χ4v) is 2.97. The van der Waals surface area contributed by atoms with Gasteiger partial charge in [0.05, 0.1) is 4.88 Å². The van der Waals surface area contributed by atoms with E-state index in [2.05, 4.69) is 17.9 Å². The maximum Gasteiger partial charge on any atom is 0.149 e. The van der Waals surface area contributed by atoms with E-state index in [4.69, 9.17) is 10.5 Å². The predicted octanol–water partition coefficient (Wildman–Crippen LogP) is 3.33. The molecule has 1 unspecified atom stereocenters. The largest absolute Gasteiger partial charge is 0.481 e. The number of nitrogens with two attached hydrogens (primary N) is 1. The second-order valence-corrected chi connectivity index (χ2v) is 6.85. The van der Waals surface area contributed by atoms with Crippen molar-refractivity contribution in [3.63, 3.8) is 0 Å². The molecule has 0 radical (unpaired) electrons. The lowest BCUT2D eigenvalue weighted by Gasteiger charge is -2.12. The molecule has 1 aromatic heterocycles. The Morgan fingerprint density at radius 1 is 1.30 bits per heavy atom. The monoisotopic (exact) mass is 329 g/mol. The number of hydrogen-bond donors (Lipinski definition) is 2. The fourth-order valence-electron chi connectivity index (χ4n) is 2.07. The highest BCUT2D eigenvalue weighted by Crippen LogP contribution is 2.19. The molecule has 0 aliphatic carbocycles. The molecule has 2 rings (SSSR count). The molecule has 0 spiro atoms. The molecule has 0 amide bonds. The topological polar surface area (TPSA) is 55.5 Å². The number of aliphatic hydroxyl groups excluding tert-OH is 1. The summed E-state index contributed by atoms with van der Waals surface area (Å²) in [6, 6.07) is 12.1. The Hall–Kier alpha value is -1.80. The van der Waals surface area contributed by atoms with E-state index in [-0.39, 0.29) is 5.92 Å². The van der Waals surface area contributed by atoms with Crippen LogP contribution in [0.5, 0.6) is 5.75 Å². The van der Waals surface area contributed by atoms with E-state index >= 15 is 0 Å². The molecule has 2 atom stereocenters. The second-order valence-electron chi connectivity index (χ2n) is 5.68. The summed E-state index contributed by atoms with van der Waals surface area (Å²) < 4.78 is 5.61. The zero-order valence-electron chi connectivity index (χ0n) is 13.6. The van der Waals surface area contributed by atoms with Gasteiger partial charge in [-0.3, -0.25) is 0 Å². The van der Waals surface area contributed by atoms with Crippen LogP contribution in [0.3, 0.4) is 0 Å². The number of ether oxygens (including phenoxy) is 1. The summed E-state index contributed by atoms with van der Waals surface area (Å²) in [6.07, 6.45) is 1.05. The molecule has 0 aliphatic heterocycles. The number of benzene rings is 1. The Kier molecular flexibility index (Phi) is 6.66. The lowest BCUT2D eigenvalue weighted by atomic mass is 10.0. The van der Waals surface area contributed by atoms with Crippen molar-refractivity contribution in [1.29, 1.82) is 0 Å². The van der Waals surface area contributed by atoms with E-state index in [1.165, 1.54) is 10.4 Å². The second kappa shape index (κ2) is 8.73. The van der Waals surface area contributed by atoms with Gasteiger partial charge in [0.25, 0.3) is 0 Å². The van der Waals surface area contributed by atoms with E-state index in [9.17, 15) is 5.11 Å². The number of aliphatic hydroxyl groups is 1. The van der Waals surface area contributed by atoms with E-state index in [0.29, 0.717) is 6.61 Å². The molecule has 0 aliphatic rings. The molecule has 0 saturated heterocycles. The van der Waals surface area contributed by atoms with Crippen LogP contribution in [0.4, 0.5) is 0 Å². The Morgan fingerprint density at radius 3 is 2.87 bits per heavy atom. The lowest BCUT2D eigenvalue weighted by Crippen LogP contribution is -2.27. The summed E-state index contributed by atoms with van der Waals surface area (Å²) in [6.45, 7) is 4.38. The van der Waals surface area contributed by atoms with Crippen LogP contribution in [0.1, 0.15) is 28.7 Å². The van der Waals surface area contributed by atoms with E-state index in [1.54, 1.807) is 11.3 Å². The van der Waals surface area contributed by atoms with Gasteiger partial charge in [-0.15, -0.1) is 11.3 Å². The zero-order chi connectivity index (χ0) is 16.7. The summed E-state index contributed by atoms with van der Waals surface area (Å²) >= 11 is 1.68. The average Bonchev–Trinajstić information content (AvgIpc) is 2.97. The minimum absolute atomic E-state index is 0.106. The quantitative estimate of drug-likeness (QED) is 0.631. The van der Waals surface area contributed by atoms with Crippen molar-refractivity contribution in [1.82, 2.24) is 0 Å². The first-order valence-electron chi connectivity index (χ1n) is 7.75. The van der Waals surface area contributed by atoms with Crippen molar-refractivity contribution < 1.29 is 9.84 Å². The van der Waals surface area contributed by atoms with Crippen molar-refractivity contribution in [2.75, 3.05) is 6.61 Å². The van der Waals surface area contributed by atoms with E-state index in [0.717, 1.165) is 23.5 Å². The van der Waals surface area contributed by atoms with E-state index in [1.807, 2.05) is 44.2 Å². The molecular formula is C19H23NO2S. The van der Waals surface area contributed by atoms with Crippen molar-refractivity contribution in [2.24, 2.45) is 11.7 Å². The van der Waals surface area contributed by atoms with Crippen LogP contribution in [0, 0.1) is 24.7 Å². The SMILES string of the molecule is Cc1cccc(OCC#Cc2ccc(CC[C@@H](C)C(N)O)s2)c1. The van der Waals surface area contributed by atoms with Gasteiger partial charge in [-0.1, -0.05) is 30.9 Å². The van der Waals surface area contributed by atoms with Crippen LogP contribution in [-0.4, -0.2) is 17.9 Å². The maximum absolute atomic E-state index is 9.30. The van der Waals surface area contributed by atoms with Gasteiger partial charge in [-0.25, -0.2) is 0 Å². The van der Waals surface area contributed by atoms with Crippen LogP contribution < -0.4 is 10.5 Å². The summed E-state index contributed by atoms with van der Waals surface area (Å²) in [5, 5.41) is 9.30. The van der Waals surface area contributed by atoms with Crippen LogP contribution in [-0.2, 0) is 6.42 Å². The summed E-state index contributed by atoms with van der Waals surface area (Å²) in [5.41, 5.74) is 6.64. The Morgan fingerprint density at radius 2 is 2.13 bits per heavy atom. The molecule has 1 heterocycles. The maximum atomic E-state index is 9.30. The molecular weight excluding hydrogens is 306 g/mol. The third-order valence-electron chi connectivity index (χ3n) is 3.60. The number of hydrogen-bond acceptors (Lipinski definition) is 4. The third kappa shape index (κ3) is 6.07. The number of aryl methyl sites for hydroxylation is 2. The highest BCUT2D eigenvalue weighted by Gasteiger charge is 2.09. The van der Waals surface area contributed by atoms with Gasteiger partial charge in [-0.05, 0) is 55.5 Å². The highest BCUT2D eigenvalue weighted by atomic mass is 32.1. The minimum Gasteiger partial charge on any atom is -0.481 e. The first-order chi connectivity index (χ1) is 11.0. The fraction of sp³-hybridized carbons (Fsp3) is 0.368. The molecule has 0 bridgehead atoms. The van der Waals surface area contributed by atoms with E-state index < -0.39 is 6.23 Å². The number of thiophene rings is 1.